The van der Waals surface area contributed by atoms with Crippen LogP contribution in [0.25, 0.3) is 0 Å². The van der Waals surface area contributed by atoms with Crippen LogP contribution in [-0.4, -0.2) is 51.6 Å². The lowest BCUT2D eigenvalue weighted by Gasteiger charge is -2.40. The molecule has 1 saturated heterocycles. The van der Waals surface area contributed by atoms with Gasteiger partial charge >= 0.3 is 0 Å². The number of carbonyl (C=O) groups excluding carboxylic acids is 1. The molecule has 0 N–H and O–H groups in total. The standard InChI is InChI=1S/C16H17ClN4O3/c17-12-3-1-2-4-14(12)24-10-16(22)20-6-5-15-13(8-20)21-11(9-23-15)7-18-19-21/h1-4,7,13,15H,5-6,8-10H2/t13-,15+/m0/s1. The average Bonchev–Trinajstić information content (AvgIpc) is 3.09. The molecular formula is C16H17ClN4O3. The molecule has 1 fully saturated rings. The number of ether oxygens (including phenoxy) is 2. The number of fused-ring (bicyclic) bond motifs is 3. The smallest absolute Gasteiger partial charge is 0.260 e. The van der Waals surface area contributed by atoms with Crippen LogP contribution in [0.15, 0.2) is 30.5 Å². The SMILES string of the molecule is O=C(COc1ccccc1Cl)N1CC[C@H]2OCc3cnnn3[C@H]2C1. The topological polar surface area (TPSA) is 69.5 Å². The second-order valence-electron chi connectivity index (χ2n) is 5.93. The van der Waals surface area contributed by atoms with Crippen LogP contribution in [0, 0.1) is 0 Å². The number of nitrogens with zero attached hydrogens (tertiary/aromatic N) is 4. The van der Waals surface area contributed by atoms with Gasteiger partial charge in [0.15, 0.2) is 6.61 Å². The zero-order valence-corrected chi connectivity index (χ0v) is 13.7. The van der Waals surface area contributed by atoms with Crippen LogP contribution >= 0.6 is 11.6 Å². The van der Waals surface area contributed by atoms with Gasteiger partial charge in [0, 0.05) is 13.1 Å². The van der Waals surface area contributed by atoms with Crippen LogP contribution in [0.3, 0.4) is 0 Å². The molecule has 0 aliphatic carbocycles. The lowest BCUT2D eigenvalue weighted by molar-refractivity contribution is -0.140. The number of hydrogen-bond donors (Lipinski definition) is 0. The van der Waals surface area contributed by atoms with Crippen LogP contribution in [0.5, 0.6) is 5.75 Å². The Kier molecular flexibility index (Phi) is 4.12. The molecule has 0 unspecified atom stereocenters. The van der Waals surface area contributed by atoms with Gasteiger partial charge in [-0.3, -0.25) is 4.79 Å². The summed E-state index contributed by atoms with van der Waals surface area (Å²) in [5.74, 6) is 0.447. The number of benzene rings is 1. The zero-order valence-electron chi connectivity index (χ0n) is 13.0. The van der Waals surface area contributed by atoms with Crippen LogP contribution in [0.1, 0.15) is 18.2 Å². The molecule has 0 bridgehead atoms. The predicted octanol–water partition coefficient (Wildman–Crippen LogP) is 1.68. The minimum atomic E-state index is -0.0689. The summed E-state index contributed by atoms with van der Waals surface area (Å²) in [6.45, 7) is 1.69. The van der Waals surface area contributed by atoms with Crippen molar-refractivity contribution < 1.29 is 14.3 Å². The van der Waals surface area contributed by atoms with E-state index in [1.807, 2.05) is 16.8 Å². The van der Waals surface area contributed by atoms with E-state index in [9.17, 15) is 4.79 Å². The highest BCUT2D eigenvalue weighted by molar-refractivity contribution is 6.32. The molecule has 3 heterocycles. The largest absolute Gasteiger partial charge is 0.482 e. The zero-order chi connectivity index (χ0) is 16.5. The minimum Gasteiger partial charge on any atom is -0.482 e. The molecule has 24 heavy (non-hydrogen) atoms. The molecule has 1 aromatic carbocycles. The number of para-hydroxylation sites is 1. The molecule has 0 radical (unpaired) electrons. The Morgan fingerprint density at radius 3 is 3.17 bits per heavy atom. The van der Waals surface area contributed by atoms with Gasteiger partial charge in [0.05, 0.1) is 35.7 Å². The molecule has 2 aliphatic heterocycles. The van der Waals surface area contributed by atoms with Crippen molar-refractivity contribution in [3.63, 3.8) is 0 Å². The van der Waals surface area contributed by atoms with Gasteiger partial charge in [0.25, 0.3) is 5.91 Å². The molecule has 0 spiro atoms. The fourth-order valence-electron chi connectivity index (χ4n) is 3.20. The minimum absolute atomic E-state index is 0.00858. The number of likely N-dealkylation sites (tertiary alicyclic amines) is 1. The maximum absolute atomic E-state index is 12.5. The second-order valence-corrected chi connectivity index (χ2v) is 6.34. The Labute approximate surface area is 144 Å². The highest BCUT2D eigenvalue weighted by Gasteiger charge is 2.37. The van der Waals surface area contributed by atoms with Crippen molar-refractivity contribution in [3.8, 4) is 5.75 Å². The molecule has 2 aromatic rings. The first-order valence-electron chi connectivity index (χ1n) is 7.88. The summed E-state index contributed by atoms with van der Waals surface area (Å²) in [4.78, 5) is 14.3. The predicted molar refractivity (Wildman–Crippen MR) is 85.8 cm³/mol. The molecule has 2 aliphatic rings. The van der Waals surface area contributed by atoms with Gasteiger partial charge in [-0.2, -0.15) is 0 Å². The quantitative estimate of drug-likeness (QED) is 0.844. The lowest BCUT2D eigenvalue weighted by atomic mass is 10.0. The summed E-state index contributed by atoms with van der Waals surface area (Å²) in [5.41, 5.74) is 0.942. The van der Waals surface area contributed by atoms with Crippen LogP contribution in [0.2, 0.25) is 5.02 Å². The van der Waals surface area contributed by atoms with E-state index in [2.05, 4.69) is 10.3 Å². The molecule has 2 atom stereocenters. The van der Waals surface area contributed by atoms with E-state index < -0.39 is 0 Å². The van der Waals surface area contributed by atoms with Crippen molar-refractivity contribution in [2.75, 3.05) is 19.7 Å². The Bertz CT molecular complexity index is 750. The van der Waals surface area contributed by atoms with E-state index in [-0.39, 0.29) is 24.7 Å². The van der Waals surface area contributed by atoms with Gasteiger partial charge in [-0.25, -0.2) is 4.68 Å². The molecule has 126 valence electrons. The fraction of sp³-hybridized carbons (Fsp3) is 0.438. The first-order chi connectivity index (χ1) is 11.7. The lowest BCUT2D eigenvalue weighted by Crippen LogP contribution is -2.50. The molecule has 7 nitrogen and oxygen atoms in total. The van der Waals surface area contributed by atoms with E-state index in [4.69, 9.17) is 21.1 Å². The third-order valence-corrected chi connectivity index (χ3v) is 4.78. The van der Waals surface area contributed by atoms with E-state index in [0.717, 1.165) is 12.1 Å². The summed E-state index contributed by atoms with van der Waals surface area (Å²) in [5, 5.41) is 8.58. The fourth-order valence-corrected chi connectivity index (χ4v) is 3.39. The van der Waals surface area contributed by atoms with Crippen molar-refractivity contribution in [2.24, 2.45) is 0 Å². The first-order valence-corrected chi connectivity index (χ1v) is 8.26. The number of aromatic nitrogens is 3. The maximum atomic E-state index is 12.5. The van der Waals surface area contributed by atoms with E-state index in [0.29, 0.717) is 30.5 Å². The van der Waals surface area contributed by atoms with Gasteiger partial charge in [-0.05, 0) is 18.6 Å². The molecule has 8 heteroatoms. The number of hydrogen-bond acceptors (Lipinski definition) is 5. The first kappa shape index (κ1) is 15.4. The number of amides is 1. The van der Waals surface area contributed by atoms with Crippen LogP contribution < -0.4 is 4.74 Å². The Balaban J connectivity index is 1.41. The van der Waals surface area contributed by atoms with Crippen molar-refractivity contribution in [1.82, 2.24) is 19.9 Å². The number of carbonyl (C=O) groups is 1. The third-order valence-electron chi connectivity index (χ3n) is 4.47. The number of rotatable bonds is 3. The van der Waals surface area contributed by atoms with E-state index >= 15 is 0 Å². The second kappa shape index (κ2) is 6.41. The summed E-state index contributed by atoms with van der Waals surface area (Å²) in [7, 11) is 0. The van der Waals surface area contributed by atoms with Crippen LogP contribution in [-0.2, 0) is 16.1 Å². The third kappa shape index (κ3) is 2.85. The van der Waals surface area contributed by atoms with Gasteiger partial charge in [0.1, 0.15) is 5.75 Å². The molecule has 1 amide bonds. The highest BCUT2D eigenvalue weighted by Crippen LogP contribution is 2.30. The summed E-state index contributed by atoms with van der Waals surface area (Å²) in [6.07, 6.45) is 2.56. The molecule has 4 rings (SSSR count). The number of piperidine rings is 1. The Hall–Kier alpha value is -2.12. The van der Waals surface area contributed by atoms with Crippen molar-refractivity contribution in [3.05, 3.63) is 41.2 Å². The molecular weight excluding hydrogens is 332 g/mol. The maximum Gasteiger partial charge on any atom is 0.260 e. The monoisotopic (exact) mass is 348 g/mol. The number of halogens is 1. The van der Waals surface area contributed by atoms with E-state index in [1.165, 1.54) is 0 Å². The van der Waals surface area contributed by atoms with Gasteiger partial charge < -0.3 is 14.4 Å². The summed E-state index contributed by atoms with van der Waals surface area (Å²) < 4.78 is 13.3. The Morgan fingerprint density at radius 2 is 2.29 bits per heavy atom. The van der Waals surface area contributed by atoms with Crippen molar-refractivity contribution >= 4 is 17.5 Å². The Morgan fingerprint density at radius 1 is 1.42 bits per heavy atom. The van der Waals surface area contributed by atoms with Gasteiger partial charge in [-0.1, -0.05) is 28.9 Å². The normalized spacial score (nSPS) is 22.6. The summed E-state index contributed by atoms with van der Waals surface area (Å²) in [6, 6.07) is 7.13. The van der Waals surface area contributed by atoms with Crippen LogP contribution in [0.4, 0.5) is 0 Å². The van der Waals surface area contributed by atoms with Crippen molar-refractivity contribution in [2.45, 2.75) is 25.2 Å². The highest BCUT2D eigenvalue weighted by atomic mass is 35.5. The average molecular weight is 349 g/mol. The van der Waals surface area contributed by atoms with E-state index in [1.54, 1.807) is 23.2 Å². The van der Waals surface area contributed by atoms with Gasteiger partial charge in [-0.15, -0.1) is 5.10 Å². The summed E-state index contributed by atoms with van der Waals surface area (Å²) >= 11 is 6.04. The molecule has 1 aromatic heterocycles. The van der Waals surface area contributed by atoms with Gasteiger partial charge in [0.2, 0.25) is 0 Å². The molecule has 0 saturated carbocycles. The van der Waals surface area contributed by atoms with Crippen molar-refractivity contribution in [1.29, 1.82) is 0 Å².